The molecule has 1 amide bonds. The van der Waals surface area contributed by atoms with Crippen LogP contribution in [0.4, 0.5) is 4.79 Å². The zero-order valence-electron chi connectivity index (χ0n) is 7.06. The Morgan fingerprint density at radius 2 is 2.42 bits per heavy atom. The van der Waals surface area contributed by atoms with Crippen molar-refractivity contribution in [3.63, 3.8) is 0 Å². The number of hydrogen-bond donors (Lipinski definition) is 2. The number of piperidine rings is 1. The molecule has 1 aliphatic rings. The third kappa shape index (κ3) is 1.86. The average Bonchev–Trinajstić information content (AvgIpc) is 2.05. The highest BCUT2D eigenvalue weighted by Crippen LogP contribution is 2.11. The van der Waals surface area contributed by atoms with Crippen molar-refractivity contribution >= 4 is 6.09 Å². The van der Waals surface area contributed by atoms with Crippen molar-refractivity contribution in [2.45, 2.75) is 18.6 Å². The summed E-state index contributed by atoms with van der Waals surface area (Å²) in [5, 5.41) is 8.67. The summed E-state index contributed by atoms with van der Waals surface area (Å²) in [4.78, 5) is 11.9. The second kappa shape index (κ2) is 3.73. The Kier molecular flexibility index (Phi) is 2.88. The molecule has 1 aliphatic heterocycles. The zero-order chi connectivity index (χ0) is 9.14. The van der Waals surface area contributed by atoms with Crippen LogP contribution in [-0.4, -0.2) is 48.4 Å². The van der Waals surface area contributed by atoms with Crippen LogP contribution in [0.25, 0.3) is 0 Å². The van der Waals surface area contributed by atoms with Crippen molar-refractivity contribution in [1.29, 1.82) is 0 Å². The Hall–Kier alpha value is -0.810. The molecular formula is C7H14N2O3. The average molecular weight is 174 g/mol. The van der Waals surface area contributed by atoms with Crippen molar-refractivity contribution in [3.8, 4) is 0 Å². The lowest BCUT2D eigenvalue weighted by Crippen LogP contribution is -2.52. The molecule has 1 rings (SSSR count). The van der Waals surface area contributed by atoms with Gasteiger partial charge in [-0.25, -0.2) is 4.79 Å². The van der Waals surface area contributed by atoms with Gasteiger partial charge in [-0.15, -0.1) is 0 Å². The molecule has 0 radical (unpaired) electrons. The zero-order valence-corrected chi connectivity index (χ0v) is 7.06. The highest BCUT2D eigenvalue weighted by molar-refractivity contribution is 5.65. The van der Waals surface area contributed by atoms with Gasteiger partial charge in [0.15, 0.2) is 0 Å². The smallest absolute Gasteiger partial charge is 0.407 e. The summed E-state index contributed by atoms with van der Waals surface area (Å²) in [6, 6.07) is -0.0365. The number of rotatable bonds is 1. The van der Waals surface area contributed by atoms with Gasteiger partial charge < -0.3 is 20.5 Å². The summed E-state index contributed by atoms with van der Waals surface area (Å²) in [6.45, 7) is 0.892. The largest absolute Gasteiger partial charge is 0.465 e. The first-order valence-corrected chi connectivity index (χ1v) is 3.91. The maximum Gasteiger partial charge on any atom is 0.407 e. The minimum absolute atomic E-state index is 0.0365. The van der Waals surface area contributed by atoms with Gasteiger partial charge in [0.1, 0.15) is 0 Å². The van der Waals surface area contributed by atoms with Crippen LogP contribution in [0, 0.1) is 0 Å². The van der Waals surface area contributed by atoms with Crippen molar-refractivity contribution in [2.24, 2.45) is 5.73 Å². The quantitative estimate of drug-likeness (QED) is 0.573. The van der Waals surface area contributed by atoms with Gasteiger partial charge in [0, 0.05) is 19.7 Å². The van der Waals surface area contributed by atoms with E-state index in [2.05, 4.69) is 0 Å². The molecule has 70 valence electrons. The van der Waals surface area contributed by atoms with Crippen LogP contribution in [-0.2, 0) is 4.74 Å². The highest BCUT2D eigenvalue weighted by Gasteiger charge is 2.28. The molecule has 0 bridgehead atoms. The van der Waals surface area contributed by atoms with Crippen LogP contribution in [0.2, 0.25) is 0 Å². The van der Waals surface area contributed by atoms with Crippen molar-refractivity contribution in [3.05, 3.63) is 0 Å². The second-order valence-corrected chi connectivity index (χ2v) is 2.96. The van der Waals surface area contributed by atoms with E-state index >= 15 is 0 Å². The lowest BCUT2D eigenvalue weighted by atomic mass is 10.0. The predicted molar refractivity (Wildman–Crippen MR) is 43.0 cm³/mol. The number of carbonyl (C=O) groups is 1. The van der Waals surface area contributed by atoms with E-state index in [-0.39, 0.29) is 12.1 Å². The Balaban J connectivity index is 2.49. The standard InChI is InChI=1S/C7H14N2O3/c1-12-6-4-9(7(10)11)3-2-5(6)8/h5-6H,2-4,8H2,1H3,(H,10,11)/t5-,6-/m0/s1. The summed E-state index contributed by atoms with van der Waals surface area (Å²) in [5.41, 5.74) is 5.71. The number of ether oxygens (including phenoxy) is 1. The van der Waals surface area contributed by atoms with E-state index < -0.39 is 6.09 Å². The fourth-order valence-corrected chi connectivity index (χ4v) is 1.36. The fourth-order valence-electron chi connectivity index (χ4n) is 1.36. The van der Waals surface area contributed by atoms with E-state index in [9.17, 15) is 4.79 Å². The van der Waals surface area contributed by atoms with Crippen molar-refractivity contribution in [2.75, 3.05) is 20.2 Å². The van der Waals surface area contributed by atoms with Gasteiger partial charge in [0.2, 0.25) is 0 Å². The van der Waals surface area contributed by atoms with Gasteiger partial charge in [-0.1, -0.05) is 0 Å². The van der Waals surface area contributed by atoms with E-state index in [4.69, 9.17) is 15.6 Å². The minimum Gasteiger partial charge on any atom is -0.465 e. The normalized spacial score (nSPS) is 30.3. The second-order valence-electron chi connectivity index (χ2n) is 2.96. The lowest BCUT2D eigenvalue weighted by Gasteiger charge is -2.34. The first-order valence-electron chi connectivity index (χ1n) is 3.91. The number of nitrogens with zero attached hydrogens (tertiary/aromatic N) is 1. The number of methoxy groups -OCH3 is 1. The summed E-state index contributed by atoms with van der Waals surface area (Å²) < 4.78 is 5.05. The maximum atomic E-state index is 10.6. The molecule has 3 N–H and O–H groups in total. The van der Waals surface area contributed by atoms with Crippen LogP contribution >= 0.6 is 0 Å². The molecule has 0 aromatic heterocycles. The van der Waals surface area contributed by atoms with Crippen LogP contribution in [0.3, 0.4) is 0 Å². The summed E-state index contributed by atoms with van der Waals surface area (Å²) in [6.07, 6.45) is -0.385. The van der Waals surface area contributed by atoms with Gasteiger partial charge in [0.25, 0.3) is 0 Å². The molecule has 1 heterocycles. The first kappa shape index (κ1) is 9.28. The number of amides is 1. The van der Waals surface area contributed by atoms with Crippen LogP contribution in [0.15, 0.2) is 0 Å². The van der Waals surface area contributed by atoms with E-state index in [0.29, 0.717) is 19.5 Å². The van der Waals surface area contributed by atoms with Gasteiger partial charge >= 0.3 is 6.09 Å². The van der Waals surface area contributed by atoms with E-state index in [1.54, 1.807) is 7.11 Å². The Labute approximate surface area is 71.1 Å². The van der Waals surface area contributed by atoms with Crippen molar-refractivity contribution < 1.29 is 14.6 Å². The molecule has 2 atom stereocenters. The molecule has 0 aliphatic carbocycles. The van der Waals surface area contributed by atoms with Crippen molar-refractivity contribution in [1.82, 2.24) is 4.90 Å². The summed E-state index contributed by atoms with van der Waals surface area (Å²) >= 11 is 0. The van der Waals surface area contributed by atoms with Gasteiger partial charge in [-0.2, -0.15) is 0 Å². The fraction of sp³-hybridized carbons (Fsp3) is 0.857. The molecule has 5 heteroatoms. The Morgan fingerprint density at radius 1 is 1.75 bits per heavy atom. The third-order valence-electron chi connectivity index (χ3n) is 2.18. The van der Waals surface area contributed by atoms with Crippen LogP contribution in [0.1, 0.15) is 6.42 Å². The van der Waals surface area contributed by atoms with Crippen LogP contribution < -0.4 is 5.73 Å². The SMILES string of the molecule is CO[C@H]1CN(C(=O)O)CC[C@@H]1N. The predicted octanol–water partition coefficient (Wildman–Crippen LogP) is -0.288. The minimum atomic E-state index is -0.899. The Bertz CT molecular complexity index is 174. The first-order chi connectivity index (χ1) is 5.65. The lowest BCUT2D eigenvalue weighted by molar-refractivity contribution is 0.0199. The van der Waals surface area contributed by atoms with E-state index in [0.717, 1.165) is 0 Å². The molecule has 0 unspecified atom stereocenters. The number of carboxylic acid groups (broad SMARTS) is 1. The summed E-state index contributed by atoms with van der Waals surface area (Å²) in [7, 11) is 1.55. The molecule has 0 saturated carbocycles. The molecule has 12 heavy (non-hydrogen) atoms. The third-order valence-corrected chi connectivity index (χ3v) is 2.18. The molecule has 0 aromatic carbocycles. The molecular weight excluding hydrogens is 160 g/mol. The van der Waals surface area contributed by atoms with E-state index in [1.807, 2.05) is 0 Å². The van der Waals surface area contributed by atoms with Gasteiger partial charge in [0.05, 0.1) is 12.6 Å². The summed E-state index contributed by atoms with van der Waals surface area (Å²) in [5.74, 6) is 0. The van der Waals surface area contributed by atoms with E-state index in [1.165, 1.54) is 4.90 Å². The molecule has 1 fully saturated rings. The van der Waals surface area contributed by atoms with Gasteiger partial charge in [-0.05, 0) is 6.42 Å². The Morgan fingerprint density at radius 3 is 2.92 bits per heavy atom. The maximum absolute atomic E-state index is 10.6. The number of nitrogens with two attached hydrogens (primary N) is 1. The van der Waals surface area contributed by atoms with Crippen LogP contribution in [0.5, 0.6) is 0 Å². The molecule has 0 aromatic rings. The molecule has 0 spiro atoms. The number of likely N-dealkylation sites (tertiary alicyclic amines) is 1. The van der Waals surface area contributed by atoms with Gasteiger partial charge in [-0.3, -0.25) is 0 Å². The number of hydrogen-bond acceptors (Lipinski definition) is 3. The highest BCUT2D eigenvalue weighted by atomic mass is 16.5. The molecule has 5 nitrogen and oxygen atoms in total. The topological polar surface area (TPSA) is 75.8 Å². The molecule has 1 saturated heterocycles. The monoisotopic (exact) mass is 174 g/mol.